The van der Waals surface area contributed by atoms with Crippen LogP contribution in [0.5, 0.6) is 5.75 Å². The van der Waals surface area contributed by atoms with E-state index in [1.54, 1.807) is 24.1 Å². The van der Waals surface area contributed by atoms with E-state index in [4.69, 9.17) is 9.47 Å². The van der Waals surface area contributed by atoms with Gasteiger partial charge in [0.25, 0.3) is 0 Å². The molecule has 0 aliphatic rings. The smallest absolute Gasteiger partial charge is 0.123 e. The van der Waals surface area contributed by atoms with Gasteiger partial charge in [0, 0.05) is 19.2 Å². The Morgan fingerprint density at radius 2 is 1.74 bits per heavy atom. The highest BCUT2D eigenvalue weighted by atomic mass is 32.2. The van der Waals surface area contributed by atoms with Crippen LogP contribution < -0.4 is 14.8 Å². The fraction of sp³-hybridized carbons (Fsp3) is 0.429. The lowest BCUT2D eigenvalue weighted by atomic mass is 10.1. The van der Waals surface area contributed by atoms with Gasteiger partial charge in [-0.05, 0) is 55.5 Å². The third kappa shape index (κ3) is 7.89. The van der Waals surface area contributed by atoms with Crippen molar-refractivity contribution in [3.8, 4) is 5.75 Å². The van der Waals surface area contributed by atoms with Crippen molar-refractivity contribution in [1.82, 2.24) is 10.0 Å². The molecular formula is C21H29FN2O2S. The molecule has 0 fully saturated rings. The minimum atomic E-state index is -0.267. The van der Waals surface area contributed by atoms with Crippen LogP contribution >= 0.6 is 11.9 Å². The second-order valence-corrected chi connectivity index (χ2v) is 6.93. The van der Waals surface area contributed by atoms with Crippen molar-refractivity contribution in [2.75, 3.05) is 26.1 Å². The first-order valence-electron chi connectivity index (χ1n) is 9.19. The van der Waals surface area contributed by atoms with Crippen LogP contribution in [0.25, 0.3) is 0 Å². The van der Waals surface area contributed by atoms with Gasteiger partial charge >= 0.3 is 0 Å². The molecule has 2 atom stereocenters. The molecular weight excluding hydrogens is 363 g/mol. The van der Waals surface area contributed by atoms with Gasteiger partial charge in [0.15, 0.2) is 0 Å². The zero-order valence-corrected chi connectivity index (χ0v) is 17.0. The fourth-order valence-electron chi connectivity index (χ4n) is 2.58. The quantitative estimate of drug-likeness (QED) is 0.527. The number of nitrogens with one attached hydrogen (secondary N) is 2. The molecule has 0 aromatic heterocycles. The van der Waals surface area contributed by atoms with Crippen molar-refractivity contribution < 1.29 is 13.9 Å². The van der Waals surface area contributed by atoms with Gasteiger partial charge in [0.05, 0.1) is 12.6 Å². The number of halogens is 1. The summed E-state index contributed by atoms with van der Waals surface area (Å²) in [5.74, 6) is 0.385. The molecule has 0 radical (unpaired) electrons. The largest absolute Gasteiger partial charge is 0.492 e. The zero-order chi connectivity index (χ0) is 19.5. The van der Waals surface area contributed by atoms with Crippen LogP contribution in [0.15, 0.2) is 48.5 Å². The minimum Gasteiger partial charge on any atom is -0.492 e. The van der Waals surface area contributed by atoms with Crippen LogP contribution in [0.1, 0.15) is 31.0 Å². The van der Waals surface area contributed by atoms with Gasteiger partial charge in [0.2, 0.25) is 0 Å². The Hall–Kier alpha value is -1.60. The fourth-order valence-corrected chi connectivity index (χ4v) is 3.07. The number of hydrogen-bond acceptors (Lipinski definition) is 5. The van der Waals surface area contributed by atoms with E-state index in [0.29, 0.717) is 31.6 Å². The maximum absolute atomic E-state index is 13.0. The van der Waals surface area contributed by atoms with Crippen molar-refractivity contribution in [1.29, 1.82) is 0 Å². The molecule has 148 valence electrons. The molecule has 0 spiro atoms. The Kier molecular flexibility index (Phi) is 9.62. The number of benzene rings is 2. The SMILES string of the molecule is CCOCC(COc1ccc(F)cc1)NCc1ccc(C(C)NSC)cc1. The van der Waals surface area contributed by atoms with Crippen LogP contribution in [0.2, 0.25) is 0 Å². The van der Waals surface area contributed by atoms with E-state index in [9.17, 15) is 4.39 Å². The maximum atomic E-state index is 13.0. The minimum absolute atomic E-state index is 0.0479. The Labute approximate surface area is 166 Å². The molecule has 0 amide bonds. The second-order valence-electron chi connectivity index (χ2n) is 6.29. The van der Waals surface area contributed by atoms with E-state index in [1.807, 2.05) is 13.2 Å². The third-order valence-corrected chi connectivity index (χ3v) is 4.75. The maximum Gasteiger partial charge on any atom is 0.123 e. The van der Waals surface area contributed by atoms with Gasteiger partial charge in [-0.3, -0.25) is 4.72 Å². The van der Waals surface area contributed by atoms with Crippen LogP contribution in [-0.4, -0.2) is 32.1 Å². The Morgan fingerprint density at radius 1 is 1.04 bits per heavy atom. The predicted octanol–water partition coefficient (Wildman–Crippen LogP) is 4.33. The summed E-state index contributed by atoms with van der Waals surface area (Å²) in [6, 6.07) is 15.0. The van der Waals surface area contributed by atoms with Crippen molar-refractivity contribution in [3.05, 3.63) is 65.5 Å². The van der Waals surface area contributed by atoms with Crippen molar-refractivity contribution in [3.63, 3.8) is 0 Å². The molecule has 6 heteroatoms. The van der Waals surface area contributed by atoms with E-state index in [0.717, 1.165) is 6.54 Å². The summed E-state index contributed by atoms with van der Waals surface area (Å²) in [6.07, 6.45) is 2.03. The highest BCUT2D eigenvalue weighted by Gasteiger charge is 2.10. The molecule has 2 aromatic rings. The molecule has 0 saturated heterocycles. The molecule has 0 saturated carbocycles. The molecule has 0 bridgehead atoms. The lowest BCUT2D eigenvalue weighted by Crippen LogP contribution is -2.38. The zero-order valence-electron chi connectivity index (χ0n) is 16.2. The summed E-state index contributed by atoms with van der Waals surface area (Å²) < 4.78 is 27.6. The molecule has 0 aliphatic heterocycles. The van der Waals surface area contributed by atoms with Crippen LogP contribution in [-0.2, 0) is 11.3 Å². The Balaban J connectivity index is 1.86. The first-order valence-corrected chi connectivity index (χ1v) is 10.4. The molecule has 2 aromatic carbocycles. The predicted molar refractivity (Wildman–Crippen MR) is 111 cm³/mol. The van der Waals surface area contributed by atoms with Crippen LogP contribution in [0, 0.1) is 5.82 Å². The van der Waals surface area contributed by atoms with Gasteiger partial charge in [0.1, 0.15) is 18.2 Å². The molecule has 2 unspecified atom stereocenters. The molecule has 27 heavy (non-hydrogen) atoms. The monoisotopic (exact) mass is 392 g/mol. The van der Waals surface area contributed by atoms with Crippen LogP contribution in [0.3, 0.4) is 0 Å². The average Bonchev–Trinajstić information content (AvgIpc) is 2.69. The topological polar surface area (TPSA) is 42.5 Å². The van der Waals surface area contributed by atoms with Gasteiger partial charge in [-0.2, -0.15) is 0 Å². The Bertz CT molecular complexity index is 652. The summed E-state index contributed by atoms with van der Waals surface area (Å²) >= 11 is 1.62. The van der Waals surface area contributed by atoms with Gasteiger partial charge in [-0.15, -0.1) is 0 Å². The van der Waals surface area contributed by atoms with E-state index in [1.165, 1.54) is 23.3 Å². The lowest BCUT2D eigenvalue weighted by molar-refractivity contribution is 0.102. The van der Waals surface area contributed by atoms with E-state index >= 15 is 0 Å². The summed E-state index contributed by atoms with van der Waals surface area (Å²) in [5, 5.41) is 3.48. The number of ether oxygens (including phenoxy) is 2. The average molecular weight is 393 g/mol. The number of rotatable bonds is 12. The highest BCUT2D eigenvalue weighted by Crippen LogP contribution is 2.15. The summed E-state index contributed by atoms with van der Waals surface area (Å²) in [6.45, 7) is 6.52. The van der Waals surface area contributed by atoms with E-state index in [2.05, 4.69) is 41.2 Å². The summed E-state index contributed by atoms with van der Waals surface area (Å²) in [7, 11) is 0. The molecule has 2 N–H and O–H groups in total. The molecule has 0 heterocycles. The van der Waals surface area contributed by atoms with Crippen molar-refractivity contribution >= 4 is 11.9 Å². The van der Waals surface area contributed by atoms with Crippen LogP contribution in [0.4, 0.5) is 4.39 Å². The highest BCUT2D eigenvalue weighted by molar-refractivity contribution is 7.96. The molecule has 0 aliphatic carbocycles. The number of hydrogen-bond donors (Lipinski definition) is 2. The standard InChI is InChI=1S/C21H29FN2O2S/c1-4-25-14-20(15-26-21-11-9-19(22)10-12-21)23-13-17-5-7-18(8-6-17)16(2)24-27-3/h5-12,16,20,23-24H,4,13-15H2,1-3H3. The third-order valence-electron chi connectivity index (χ3n) is 4.16. The normalized spacial score (nSPS) is 13.3. The first-order chi connectivity index (χ1) is 13.1. The van der Waals surface area contributed by atoms with Gasteiger partial charge in [-0.25, -0.2) is 4.39 Å². The summed E-state index contributed by atoms with van der Waals surface area (Å²) in [4.78, 5) is 0. The van der Waals surface area contributed by atoms with Crippen molar-refractivity contribution in [2.45, 2.75) is 32.5 Å². The van der Waals surface area contributed by atoms with E-state index < -0.39 is 0 Å². The first kappa shape index (κ1) is 21.7. The van der Waals surface area contributed by atoms with Gasteiger partial charge < -0.3 is 14.8 Å². The van der Waals surface area contributed by atoms with Crippen molar-refractivity contribution in [2.24, 2.45) is 0 Å². The Morgan fingerprint density at radius 3 is 2.37 bits per heavy atom. The summed E-state index contributed by atoms with van der Waals surface area (Å²) in [5.41, 5.74) is 2.47. The lowest BCUT2D eigenvalue weighted by Gasteiger charge is -2.20. The second kappa shape index (κ2) is 12.0. The van der Waals surface area contributed by atoms with E-state index in [-0.39, 0.29) is 11.9 Å². The molecule has 4 nitrogen and oxygen atoms in total. The molecule has 2 rings (SSSR count). The van der Waals surface area contributed by atoms with Gasteiger partial charge in [-0.1, -0.05) is 36.2 Å².